The van der Waals surface area contributed by atoms with Gasteiger partial charge in [0, 0.05) is 17.0 Å². The highest BCUT2D eigenvalue weighted by Crippen LogP contribution is 2.24. The number of rotatable bonds is 3. The third-order valence-electron chi connectivity index (χ3n) is 1.85. The third-order valence-corrected chi connectivity index (χ3v) is 5.40. The lowest BCUT2D eigenvalue weighted by Crippen LogP contribution is -2.25. The zero-order chi connectivity index (χ0) is 10.1. The van der Waals surface area contributed by atoms with E-state index in [-0.39, 0.29) is 22.8 Å². The van der Waals surface area contributed by atoms with Gasteiger partial charge in [0.25, 0.3) is 0 Å². The van der Waals surface area contributed by atoms with Gasteiger partial charge in [-0.1, -0.05) is 0 Å². The molecule has 0 aliphatic carbocycles. The van der Waals surface area contributed by atoms with Gasteiger partial charge in [-0.3, -0.25) is 0 Å². The van der Waals surface area contributed by atoms with Crippen LogP contribution in [-0.2, 0) is 9.84 Å². The van der Waals surface area contributed by atoms with Crippen molar-refractivity contribution in [3.8, 4) is 0 Å². The van der Waals surface area contributed by atoms with Crippen molar-refractivity contribution in [2.24, 2.45) is 5.73 Å². The number of hydrogen-bond acceptors (Lipinski definition) is 5. The summed E-state index contributed by atoms with van der Waals surface area (Å²) in [6, 6.07) is 0.0421. The second-order valence-corrected chi connectivity index (χ2v) is 6.92. The normalized spacial score (nSPS) is 34.7. The molecule has 1 aliphatic rings. The SMILES string of the molecule is CC(N)CSC1CS(=O)(=O)CC1O. The Balaban J connectivity index is 2.44. The maximum atomic E-state index is 11.1. The molecule has 0 spiro atoms. The first-order valence-corrected chi connectivity index (χ1v) is 7.03. The predicted molar refractivity (Wildman–Crippen MR) is 54.6 cm³/mol. The molecule has 0 bridgehead atoms. The predicted octanol–water partition coefficient (Wildman–Crippen LogP) is -0.775. The van der Waals surface area contributed by atoms with E-state index < -0.39 is 15.9 Å². The Kier molecular flexibility index (Phi) is 3.62. The summed E-state index contributed by atoms with van der Waals surface area (Å²) < 4.78 is 22.2. The van der Waals surface area contributed by atoms with Crippen LogP contribution in [0.1, 0.15) is 6.92 Å². The van der Waals surface area contributed by atoms with Crippen LogP contribution in [0.2, 0.25) is 0 Å². The lowest BCUT2D eigenvalue weighted by atomic mass is 10.3. The van der Waals surface area contributed by atoms with Gasteiger partial charge in [-0.2, -0.15) is 11.8 Å². The maximum Gasteiger partial charge on any atom is 0.154 e. The number of sulfone groups is 1. The van der Waals surface area contributed by atoms with Crippen molar-refractivity contribution in [3.63, 3.8) is 0 Å². The van der Waals surface area contributed by atoms with Crippen LogP contribution in [0, 0.1) is 0 Å². The summed E-state index contributed by atoms with van der Waals surface area (Å²) in [5.41, 5.74) is 5.53. The average Bonchev–Trinajstić information content (AvgIpc) is 2.20. The van der Waals surface area contributed by atoms with Crippen molar-refractivity contribution < 1.29 is 13.5 Å². The van der Waals surface area contributed by atoms with Crippen LogP contribution in [-0.4, -0.2) is 48.2 Å². The van der Waals surface area contributed by atoms with Crippen LogP contribution >= 0.6 is 11.8 Å². The third kappa shape index (κ3) is 3.46. The van der Waals surface area contributed by atoms with Crippen LogP contribution in [0.3, 0.4) is 0 Å². The Labute approximate surface area is 82.8 Å². The van der Waals surface area contributed by atoms with Gasteiger partial charge in [0.1, 0.15) is 0 Å². The van der Waals surface area contributed by atoms with Crippen LogP contribution in [0.4, 0.5) is 0 Å². The van der Waals surface area contributed by atoms with Crippen LogP contribution in [0.5, 0.6) is 0 Å². The molecule has 1 rings (SSSR count). The van der Waals surface area contributed by atoms with Crippen molar-refractivity contribution in [1.29, 1.82) is 0 Å². The molecular formula is C7H15NO3S2. The summed E-state index contributed by atoms with van der Waals surface area (Å²) in [5, 5.41) is 9.21. The summed E-state index contributed by atoms with van der Waals surface area (Å²) in [5.74, 6) is 0.687. The maximum absolute atomic E-state index is 11.1. The number of nitrogens with two attached hydrogens (primary N) is 1. The van der Waals surface area contributed by atoms with Crippen molar-refractivity contribution in [3.05, 3.63) is 0 Å². The monoisotopic (exact) mass is 225 g/mol. The van der Waals surface area contributed by atoms with E-state index in [2.05, 4.69) is 0 Å². The van der Waals surface area contributed by atoms with Crippen molar-refractivity contribution in [1.82, 2.24) is 0 Å². The molecule has 0 aromatic rings. The van der Waals surface area contributed by atoms with E-state index in [0.29, 0.717) is 5.75 Å². The first-order chi connectivity index (χ1) is 5.91. The summed E-state index contributed by atoms with van der Waals surface area (Å²) in [6.45, 7) is 1.86. The van der Waals surface area contributed by atoms with E-state index in [1.165, 1.54) is 11.8 Å². The molecule has 3 unspecified atom stereocenters. The quantitative estimate of drug-likeness (QED) is 0.659. The van der Waals surface area contributed by atoms with Crippen LogP contribution in [0.15, 0.2) is 0 Å². The van der Waals surface area contributed by atoms with Crippen molar-refractivity contribution >= 4 is 21.6 Å². The summed E-state index contributed by atoms with van der Waals surface area (Å²) in [6.07, 6.45) is -0.714. The summed E-state index contributed by atoms with van der Waals surface area (Å²) in [4.78, 5) is 0. The Morgan fingerprint density at radius 1 is 1.62 bits per heavy atom. The highest BCUT2D eigenvalue weighted by molar-refractivity contribution is 8.01. The molecule has 0 radical (unpaired) electrons. The fraction of sp³-hybridized carbons (Fsp3) is 1.00. The fourth-order valence-corrected chi connectivity index (χ4v) is 4.84. The van der Waals surface area contributed by atoms with Gasteiger partial charge in [0.2, 0.25) is 0 Å². The van der Waals surface area contributed by atoms with E-state index in [1.54, 1.807) is 0 Å². The molecule has 6 heteroatoms. The zero-order valence-corrected chi connectivity index (χ0v) is 9.14. The van der Waals surface area contributed by atoms with E-state index in [0.717, 1.165) is 0 Å². The molecule has 0 saturated carbocycles. The highest BCUT2D eigenvalue weighted by Gasteiger charge is 2.36. The topological polar surface area (TPSA) is 80.4 Å². The lowest BCUT2D eigenvalue weighted by molar-refractivity contribution is 0.207. The number of hydrogen-bond donors (Lipinski definition) is 2. The first-order valence-electron chi connectivity index (χ1n) is 4.16. The summed E-state index contributed by atoms with van der Waals surface area (Å²) in [7, 11) is -3.00. The number of aliphatic hydroxyl groups excluding tert-OH is 1. The van der Waals surface area contributed by atoms with Gasteiger partial charge in [-0.25, -0.2) is 8.42 Å². The van der Waals surface area contributed by atoms with E-state index in [9.17, 15) is 13.5 Å². The van der Waals surface area contributed by atoms with Gasteiger partial charge >= 0.3 is 0 Å². The van der Waals surface area contributed by atoms with Gasteiger partial charge in [0.15, 0.2) is 9.84 Å². The molecule has 13 heavy (non-hydrogen) atoms. The molecule has 0 aromatic heterocycles. The highest BCUT2D eigenvalue weighted by atomic mass is 32.2. The van der Waals surface area contributed by atoms with Gasteiger partial charge in [-0.05, 0) is 6.92 Å². The second kappa shape index (κ2) is 4.16. The molecule has 1 fully saturated rings. The van der Waals surface area contributed by atoms with Crippen molar-refractivity contribution in [2.75, 3.05) is 17.3 Å². The number of thioether (sulfide) groups is 1. The van der Waals surface area contributed by atoms with Gasteiger partial charge in [-0.15, -0.1) is 0 Å². The molecule has 4 nitrogen and oxygen atoms in total. The zero-order valence-electron chi connectivity index (χ0n) is 7.51. The minimum absolute atomic E-state index is 0.0421. The Morgan fingerprint density at radius 3 is 2.62 bits per heavy atom. The van der Waals surface area contributed by atoms with Crippen LogP contribution in [0.25, 0.3) is 0 Å². The minimum Gasteiger partial charge on any atom is -0.391 e. The Bertz CT molecular complexity index is 263. The molecule has 0 amide bonds. The average molecular weight is 225 g/mol. The largest absolute Gasteiger partial charge is 0.391 e. The molecule has 1 aliphatic heterocycles. The molecule has 1 heterocycles. The molecule has 3 atom stereocenters. The first kappa shape index (κ1) is 11.3. The molecule has 3 N–H and O–H groups in total. The molecule has 1 saturated heterocycles. The van der Waals surface area contributed by atoms with Gasteiger partial charge < -0.3 is 10.8 Å². The molecule has 0 aromatic carbocycles. The van der Waals surface area contributed by atoms with Gasteiger partial charge in [0.05, 0.1) is 17.6 Å². The van der Waals surface area contributed by atoms with E-state index in [4.69, 9.17) is 5.73 Å². The number of aliphatic hydroxyl groups is 1. The molecule has 78 valence electrons. The van der Waals surface area contributed by atoms with E-state index in [1.807, 2.05) is 6.92 Å². The fourth-order valence-electron chi connectivity index (χ4n) is 1.23. The van der Waals surface area contributed by atoms with Crippen molar-refractivity contribution in [2.45, 2.75) is 24.3 Å². The lowest BCUT2D eigenvalue weighted by Gasteiger charge is -2.13. The molecular weight excluding hydrogens is 210 g/mol. The Morgan fingerprint density at radius 2 is 2.23 bits per heavy atom. The van der Waals surface area contributed by atoms with E-state index >= 15 is 0 Å². The smallest absolute Gasteiger partial charge is 0.154 e. The second-order valence-electron chi connectivity index (χ2n) is 3.49. The Hall–Kier alpha value is 0.220. The standard InChI is InChI=1S/C7H15NO3S2/c1-5(8)2-12-7-4-13(10,11)3-6(7)9/h5-7,9H,2-4,8H2,1H3. The van der Waals surface area contributed by atoms with Crippen LogP contribution < -0.4 is 5.73 Å². The minimum atomic E-state index is -3.00. The summed E-state index contributed by atoms with van der Waals surface area (Å²) >= 11 is 1.45.